The first-order chi connectivity index (χ1) is 10.8. The summed E-state index contributed by atoms with van der Waals surface area (Å²) in [6.07, 6.45) is -0.226. The number of ether oxygens (including phenoxy) is 1. The van der Waals surface area contributed by atoms with Crippen molar-refractivity contribution in [2.24, 2.45) is 0 Å². The molecule has 0 saturated carbocycles. The lowest BCUT2D eigenvalue weighted by atomic mass is 10.1. The van der Waals surface area contributed by atoms with Crippen LogP contribution in [0.3, 0.4) is 0 Å². The summed E-state index contributed by atoms with van der Waals surface area (Å²) in [5.41, 5.74) is 1.70. The number of aliphatic hydroxyl groups excluding tert-OH is 1. The van der Waals surface area contributed by atoms with E-state index in [1.54, 1.807) is 4.90 Å². The van der Waals surface area contributed by atoms with Crippen LogP contribution in [0.15, 0.2) is 24.3 Å². The van der Waals surface area contributed by atoms with Crippen LogP contribution >= 0.6 is 0 Å². The number of benzene rings is 1. The predicted molar refractivity (Wildman–Crippen MR) is 90.0 cm³/mol. The van der Waals surface area contributed by atoms with Crippen LogP contribution in [0.2, 0.25) is 0 Å². The monoisotopic (exact) mass is 320 g/mol. The minimum Gasteiger partial charge on any atom is -0.444 e. The van der Waals surface area contributed by atoms with Gasteiger partial charge in [0.25, 0.3) is 0 Å². The summed E-state index contributed by atoms with van der Waals surface area (Å²) in [5, 5.41) is 9.09. The Morgan fingerprint density at radius 3 is 2.35 bits per heavy atom. The maximum atomic E-state index is 12.2. The van der Waals surface area contributed by atoms with E-state index in [0.717, 1.165) is 18.7 Å². The van der Waals surface area contributed by atoms with Crippen LogP contribution in [0.1, 0.15) is 38.8 Å². The second-order valence-corrected chi connectivity index (χ2v) is 7.22. The third-order valence-corrected chi connectivity index (χ3v) is 4.01. The molecule has 5 heteroatoms. The van der Waals surface area contributed by atoms with Crippen LogP contribution in [0.5, 0.6) is 0 Å². The fourth-order valence-electron chi connectivity index (χ4n) is 2.71. The molecule has 128 valence electrons. The van der Waals surface area contributed by atoms with Crippen molar-refractivity contribution >= 4 is 6.09 Å². The zero-order valence-electron chi connectivity index (χ0n) is 14.6. The summed E-state index contributed by atoms with van der Waals surface area (Å²) in [6.45, 7) is 10.9. The Morgan fingerprint density at radius 1 is 1.22 bits per heavy atom. The number of rotatable bonds is 3. The summed E-state index contributed by atoms with van der Waals surface area (Å²) >= 11 is 0. The highest BCUT2D eigenvalue weighted by Gasteiger charge is 2.29. The van der Waals surface area contributed by atoms with Gasteiger partial charge in [0.15, 0.2) is 0 Å². The topological polar surface area (TPSA) is 53.0 Å². The SMILES string of the molecule is C[C@H]1CN(C(=O)OC(C)(C)C)CCN1Cc1ccc(CO)cc1. The Hall–Kier alpha value is -1.59. The van der Waals surface area contributed by atoms with E-state index in [1.807, 2.05) is 32.9 Å². The number of amides is 1. The zero-order chi connectivity index (χ0) is 17.0. The van der Waals surface area contributed by atoms with Crippen LogP contribution in [-0.2, 0) is 17.9 Å². The maximum Gasteiger partial charge on any atom is 0.410 e. The van der Waals surface area contributed by atoms with E-state index in [2.05, 4.69) is 24.0 Å². The molecule has 23 heavy (non-hydrogen) atoms. The smallest absolute Gasteiger partial charge is 0.410 e. The summed E-state index contributed by atoms with van der Waals surface area (Å²) < 4.78 is 5.45. The molecule has 1 aliphatic heterocycles. The average Bonchev–Trinajstić information content (AvgIpc) is 2.48. The van der Waals surface area contributed by atoms with Gasteiger partial charge in [-0.25, -0.2) is 4.79 Å². The number of hydrogen-bond donors (Lipinski definition) is 1. The van der Waals surface area contributed by atoms with Gasteiger partial charge >= 0.3 is 6.09 Å². The first-order valence-corrected chi connectivity index (χ1v) is 8.19. The molecule has 0 bridgehead atoms. The van der Waals surface area contributed by atoms with Gasteiger partial charge in [-0.2, -0.15) is 0 Å². The lowest BCUT2D eigenvalue weighted by Crippen LogP contribution is -2.54. The van der Waals surface area contributed by atoms with Gasteiger partial charge in [0.1, 0.15) is 5.60 Å². The van der Waals surface area contributed by atoms with Crippen LogP contribution in [0.25, 0.3) is 0 Å². The highest BCUT2D eigenvalue weighted by Crippen LogP contribution is 2.17. The van der Waals surface area contributed by atoms with E-state index in [0.29, 0.717) is 13.1 Å². The molecule has 1 aliphatic rings. The molecule has 1 amide bonds. The van der Waals surface area contributed by atoms with Gasteiger partial charge in [-0.3, -0.25) is 4.90 Å². The van der Waals surface area contributed by atoms with Crippen molar-refractivity contribution < 1.29 is 14.6 Å². The highest BCUT2D eigenvalue weighted by atomic mass is 16.6. The van der Waals surface area contributed by atoms with Crippen LogP contribution < -0.4 is 0 Å². The van der Waals surface area contributed by atoms with Crippen molar-refractivity contribution in [3.63, 3.8) is 0 Å². The molecule has 0 aromatic heterocycles. The molecule has 1 heterocycles. The largest absolute Gasteiger partial charge is 0.444 e. The minimum absolute atomic E-state index is 0.0746. The number of carbonyl (C=O) groups is 1. The van der Waals surface area contributed by atoms with Gasteiger partial charge < -0.3 is 14.7 Å². The predicted octanol–water partition coefficient (Wildman–Crippen LogP) is 2.62. The lowest BCUT2D eigenvalue weighted by molar-refractivity contribution is 0.00461. The number of hydrogen-bond acceptors (Lipinski definition) is 4. The molecule has 0 unspecified atom stereocenters. The maximum absolute atomic E-state index is 12.2. The van der Waals surface area contributed by atoms with Gasteiger partial charge in [-0.1, -0.05) is 24.3 Å². The molecular formula is C18H28N2O3. The third-order valence-electron chi connectivity index (χ3n) is 4.01. The van der Waals surface area contributed by atoms with Gasteiger partial charge in [0.2, 0.25) is 0 Å². The molecule has 2 rings (SSSR count). The number of nitrogens with zero attached hydrogens (tertiary/aromatic N) is 2. The molecule has 1 atom stereocenters. The quantitative estimate of drug-likeness (QED) is 0.930. The van der Waals surface area contributed by atoms with E-state index in [-0.39, 0.29) is 18.7 Å². The van der Waals surface area contributed by atoms with Crippen molar-refractivity contribution in [3.05, 3.63) is 35.4 Å². The molecule has 1 aromatic rings. The molecule has 1 fully saturated rings. The molecule has 1 saturated heterocycles. The van der Waals surface area contributed by atoms with Gasteiger partial charge in [0, 0.05) is 32.2 Å². The molecule has 0 aliphatic carbocycles. The fraction of sp³-hybridized carbons (Fsp3) is 0.611. The number of piperazine rings is 1. The van der Waals surface area contributed by atoms with Crippen molar-refractivity contribution in [1.29, 1.82) is 0 Å². The lowest BCUT2D eigenvalue weighted by Gasteiger charge is -2.40. The van der Waals surface area contributed by atoms with E-state index < -0.39 is 5.60 Å². The first-order valence-electron chi connectivity index (χ1n) is 8.19. The molecule has 0 radical (unpaired) electrons. The van der Waals surface area contributed by atoms with E-state index in [1.165, 1.54) is 5.56 Å². The first kappa shape index (κ1) is 17.8. The highest BCUT2D eigenvalue weighted by molar-refractivity contribution is 5.68. The fourth-order valence-corrected chi connectivity index (χ4v) is 2.71. The summed E-state index contributed by atoms with van der Waals surface area (Å²) in [4.78, 5) is 16.3. The zero-order valence-corrected chi connectivity index (χ0v) is 14.6. The van der Waals surface area contributed by atoms with E-state index in [4.69, 9.17) is 9.84 Å². The van der Waals surface area contributed by atoms with Gasteiger partial charge in [0.05, 0.1) is 6.61 Å². The number of aliphatic hydroxyl groups is 1. The molecule has 0 spiro atoms. The van der Waals surface area contributed by atoms with Crippen molar-refractivity contribution in [2.45, 2.75) is 52.5 Å². The van der Waals surface area contributed by atoms with E-state index >= 15 is 0 Å². The van der Waals surface area contributed by atoms with Crippen molar-refractivity contribution in [3.8, 4) is 0 Å². The van der Waals surface area contributed by atoms with Crippen LogP contribution in [0.4, 0.5) is 4.79 Å². The van der Waals surface area contributed by atoms with Crippen LogP contribution in [0, 0.1) is 0 Å². The Bertz CT molecular complexity index is 522. The average molecular weight is 320 g/mol. The Labute approximate surface area is 138 Å². The molecule has 5 nitrogen and oxygen atoms in total. The molecule has 1 N–H and O–H groups in total. The number of carbonyl (C=O) groups excluding carboxylic acids is 1. The van der Waals surface area contributed by atoms with E-state index in [9.17, 15) is 4.79 Å². The second-order valence-electron chi connectivity index (χ2n) is 7.22. The minimum atomic E-state index is -0.452. The van der Waals surface area contributed by atoms with Gasteiger partial charge in [-0.15, -0.1) is 0 Å². The molecular weight excluding hydrogens is 292 g/mol. The Balaban J connectivity index is 1.89. The normalized spacial score (nSPS) is 19.7. The summed E-state index contributed by atoms with van der Waals surface area (Å²) in [6, 6.07) is 8.30. The summed E-state index contributed by atoms with van der Waals surface area (Å²) in [7, 11) is 0. The van der Waals surface area contributed by atoms with Gasteiger partial charge in [-0.05, 0) is 38.8 Å². The standard InChI is InChI=1S/C18H28N2O3/c1-14-11-20(17(22)23-18(2,3)4)10-9-19(14)12-15-5-7-16(13-21)8-6-15/h5-8,14,21H,9-13H2,1-4H3/t14-/m0/s1. The van der Waals surface area contributed by atoms with Crippen LogP contribution in [-0.4, -0.2) is 52.3 Å². The third kappa shape index (κ3) is 5.22. The molecule has 1 aromatic carbocycles. The Morgan fingerprint density at radius 2 is 1.83 bits per heavy atom. The van der Waals surface area contributed by atoms with Crippen molar-refractivity contribution in [2.75, 3.05) is 19.6 Å². The summed E-state index contributed by atoms with van der Waals surface area (Å²) in [5.74, 6) is 0. The Kier molecular flexibility index (Phi) is 5.65. The second kappa shape index (κ2) is 7.32. The van der Waals surface area contributed by atoms with Crippen molar-refractivity contribution in [1.82, 2.24) is 9.80 Å².